The van der Waals surface area contributed by atoms with Gasteiger partial charge in [0.2, 0.25) is 0 Å². The smallest absolute Gasteiger partial charge is 0.176 e. The molecule has 0 atom stereocenters. The first-order chi connectivity index (χ1) is 17.8. The van der Waals surface area contributed by atoms with Gasteiger partial charge < -0.3 is 15.0 Å². The highest BCUT2D eigenvalue weighted by Gasteiger charge is 2.20. The molecule has 0 fully saturated rings. The fourth-order valence-electron chi connectivity index (χ4n) is 3.76. The third-order valence-electron chi connectivity index (χ3n) is 6.01. The number of anilines is 2. The SMILES string of the molecule is CCCSc1ccc(N(C)/C(C)=N/C(Nc2cc(C)[nH]n2)=C(OC)\C(=C(/C)CC)c2cnn(C)c2)cc1. The monoisotopic (exact) mass is 521 g/mol. The van der Waals surface area contributed by atoms with Crippen LogP contribution < -0.4 is 10.2 Å². The maximum atomic E-state index is 6.04. The highest BCUT2D eigenvalue weighted by molar-refractivity contribution is 7.99. The summed E-state index contributed by atoms with van der Waals surface area (Å²) in [5, 5.41) is 15.1. The van der Waals surface area contributed by atoms with E-state index in [-0.39, 0.29) is 0 Å². The predicted octanol–water partition coefficient (Wildman–Crippen LogP) is 6.62. The Morgan fingerprint density at radius 2 is 1.95 bits per heavy atom. The summed E-state index contributed by atoms with van der Waals surface area (Å²) in [6.07, 6.45) is 5.86. The average molecular weight is 522 g/mol. The van der Waals surface area contributed by atoms with Crippen LogP contribution in [0.1, 0.15) is 51.8 Å². The zero-order valence-electron chi connectivity index (χ0n) is 23.2. The summed E-state index contributed by atoms with van der Waals surface area (Å²) in [6.45, 7) is 10.4. The molecule has 0 bridgehead atoms. The van der Waals surface area contributed by atoms with Crippen molar-refractivity contribution in [2.24, 2.45) is 12.0 Å². The average Bonchev–Trinajstić information content (AvgIpc) is 3.52. The minimum atomic E-state index is 0.570. The van der Waals surface area contributed by atoms with E-state index in [0.29, 0.717) is 17.4 Å². The van der Waals surface area contributed by atoms with Gasteiger partial charge in [-0.25, -0.2) is 4.99 Å². The number of aryl methyl sites for hydroxylation is 2. The van der Waals surface area contributed by atoms with E-state index in [0.717, 1.165) is 46.9 Å². The number of hydrogen-bond acceptors (Lipinski definition) is 6. The fourth-order valence-corrected chi connectivity index (χ4v) is 4.53. The number of nitrogens with one attached hydrogen (secondary N) is 2. The first kappa shape index (κ1) is 28.1. The second-order valence-corrected chi connectivity index (χ2v) is 10.1. The number of H-pyrrole nitrogens is 1. The summed E-state index contributed by atoms with van der Waals surface area (Å²) in [6, 6.07) is 10.5. The van der Waals surface area contributed by atoms with Gasteiger partial charge in [-0.05, 0) is 63.6 Å². The van der Waals surface area contributed by atoms with Crippen LogP contribution in [0.15, 0.2) is 69.8 Å². The normalized spacial score (nSPS) is 13.2. The Balaban J connectivity index is 2.09. The van der Waals surface area contributed by atoms with Crippen molar-refractivity contribution in [3.63, 3.8) is 0 Å². The van der Waals surface area contributed by atoms with E-state index in [1.807, 2.05) is 58.2 Å². The molecular formula is C28H39N7OS. The van der Waals surface area contributed by atoms with Crippen molar-refractivity contribution in [1.29, 1.82) is 0 Å². The van der Waals surface area contributed by atoms with Crippen molar-refractivity contribution >= 4 is 34.7 Å². The molecule has 0 aliphatic rings. The van der Waals surface area contributed by atoms with Gasteiger partial charge in [0, 0.05) is 53.8 Å². The summed E-state index contributed by atoms with van der Waals surface area (Å²) in [4.78, 5) is 8.38. The molecule has 0 saturated heterocycles. The van der Waals surface area contributed by atoms with Crippen molar-refractivity contribution in [3.8, 4) is 0 Å². The number of nitrogens with zero attached hydrogens (tertiary/aromatic N) is 5. The predicted molar refractivity (Wildman–Crippen MR) is 156 cm³/mol. The van der Waals surface area contributed by atoms with Gasteiger partial charge in [-0.2, -0.15) is 10.2 Å². The number of ether oxygens (including phenoxy) is 1. The van der Waals surface area contributed by atoms with E-state index in [9.17, 15) is 0 Å². The molecule has 3 rings (SSSR count). The number of methoxy groups -OCH3 is 1. The van der Waals surface area contributed by atoms with Gasteiger partial charge in [0.05, 0.1) is 13.3 Å². The van der Waals surface area contributed by atoms with Gasteiger partial charge in [-0.3, -0.25) is 9.78 Å². The molecule has 0 aliphatic carbocycles. The van der Waals surface area contributed by atoms with Crippen LogP contribution in [0.2, 0.25) is 0 Å². The van der Waals surface area contributed by atoms with E-state index in [4.69, 9.17) is 9.73 Å². The van der Waals surface area contributed by atoms with Gasteiger partial charge in [-0.15, -0.1) is 11.8 Å². The van der Waals surface area contributed by atoms with Crippen molar-refractivity contribution in [3.05, 3.63) is 71.1 Å². The van der Waals surface area contributed by atoms with Crippen LogP contribution in [0.3, 0.4) is 0 Å². The van der Waals surface area contributed by atoms with Gasteiger partial charge >= 0.3 is 0 Å². The summed E-state index contributed by atoms with van der Waals surface area (Å²) in [5.74, 6) is 3.79. The summed E-state index contributed by atoms with van der Waals surface area (Å²) in [5.41, 5.74) is 5.11. The molecule has 2 heterocycles. The van der Waals surface area contributed by atoms with Crippen molar-refractivity contribution < 1.29 is 4.74 Å². The lowest BCUT2D eigenvalue weighted by atomic mass is 10.00. The Morgan fingerprint density at radius 1 is 1.22 bits per heavy atom. The third-order valence-corrected chi connectivity index (χ3v) is 7.22. The maximum absolute atomic E-state index is 6.04. The minimum Gasteiger partial charge on any atom is -0.492 e. The number of hydrogen-bond donors (Lipinski definition) is 2. The molecule has 8 nitrogen and oxygen atoms in total. The number of thioether (sulfide) groups is 1. The first-order valence-corrected chi connectivity index (χ1v) is 13.5. The van der Waals surface area contributed by atoms with Crippen LogP contribution in [0.4, 0.5) is 11.5 Å². The zero-order chi connectivity index (χ0) is 26.9. The molecule has 37 heavy (non-hydrogen) atoms. The molecule has 2 N–H and O–H groups in total. The van der Waals surface area contributed by atoms with Crippen LogP contribution in [0.5, 0.6) is 0 Å². The molecule has 0 aliphatic heterocycles. The lowest BCUT2D eigenvalue weighted by Gasteiger charge is -2.21. The van der Waals surface area contributed by atoms with Crippen molar-refractivity contribution in [2.45, 2.75) is 52.4 Å². The fraction of sp³-hybridized carbons (Fsp3) is 0.393. The second kappa shape index (κ2) is 13.2. The molecular weight excluding hydrogens is 482 g/mol. The summed E-state index contributed by atoms with van der Waals surface area (Å²) in [7, 11) is 5.60. The van der Waals surface area contributed by atoms with Gasteiger partial charge in [0.25, 0.3) is 0 Å². The van der Waals surface area contributed by atoms with Crippen LogP contribution in [-0.2, 0) is 11.8 Å². The van der Waals surface area contributed by atoms with Crippen LogP contribution >= 0.6 is 11.8 Å². The maximum Gasteiger partial charge on any atom is 0.176 e. The number of allylic oxidation sites excluding steroid dienone is 2. The van der Waals surface area contributed by atoms with Crippen LogP contribution in [0, 0.1) is 6.92 Å². The molecule has 198 valence electrons. The number of aromatic amines is 1. The zero-order valence-corrected chi connectivity index (χ0v) is 24.0. The third kappa shape index (κ3) is 7.29. The number of rotatable bonds is 11. The Kier molecular flexibility index (Phi) is 10.0. The van der Waals surface area contributed by atoms with E-state index in [1.54, 1.807) is 11.8 Å². The highest BCUT2D eigenvalue weighted by atomic mass is 32.2. The highest BCUT2D eigenvalue weighted by Crippen LogP contribution is 2.32. The summed E-state index contributed by atoms with van der Waals surface area (Å²) < 4.78 is 7.83. The molecule has 1 aromatic carbocycles. The number of aliphatic imine (C=N–C) groups is 1. The molecule has 0 unspecified atom stereocenters. The topological polar surface area (TPSA) is 83.4 Å². The number of aromatic nitrogens is 4. The lowest BCUT2D eigenvalue weighted by molar-refractivity contribution is 0.306. The second-order valence-electron chi connectivity index (χ2n) is 8.92. The molecule has 0 saturated carbocycles. The Hall–Kier alpha value is -3.46. The van der Waals surface area contributed by atoms with Gasteiger partial charge in [-0.1, -0.05) is 19.4 Å². The molecule has 3 aromatic rings. The Labute approximate surface area is 224 Å². The van der Waals surface area contributed by atoms with E-state index in [1.165, 1.54) is 10.5 Å². The molecule has 0 amide bonds. The quantitative estimate of drug-likeness (QED) is 0.0970. The largest absolute Gasteiger partial charge is 0.492 e. The minimum absolute atomic E-state index is 0.570. The van der Waals surface area contributed by atoms with E-state index in [2.05, 4.69) is 70.5 Å². The standard InChI is InChI=1S/C28H39N7OS/c1-9-15-37-24-13-11-23(12-14-24)35(7)21(5)30-28(31-25-16-20(4)32-33-25)27(36-8)26(19(3)10-2)22-17-29-34(6)18-22/h11-14,16-18H,9-10,15H2,1-8H3,(H2,31,32,33)/b26-19+,28-27-,30-21+. The van der Waals surface area contributed by atoms with Crippen LogP contribution in [0.25, 0.3) is 5.57 Å². The van der Waals surface area contributed by atoms with E-state index >= 15 is 0 Å². The summed E-state index contributed by atoms with van der Waals surface area (Å²) >= 11 is 1.87. The van der Waals surface area contributed by atoms with Crippen molar-refractivity contribution in [2.75, 3.05) is 30.1 Å². The van der Waals surface area contributed by atoms with Gasteiger partial charge in [0.1, 0.15) is 5.84 Å². The van der Waals surface area contributed by atoms with E-state index < -0.39 is 0 Å². The number of amidine groups is 1. The number of benzene rings is 1. The Morgan fingerprint density at radius 3 is 2.49 bits per heavy atom. The first-order valence-electron chi connectivity index (χ1n) is 12.6. The van der Waals surface area contributed by atoms with Gasteiger partial charge in [0.15, 0.2) is 17.4 Å². The Bertz CT molecular complexity index is 1270. The molecule has 0 radical (unpaired) electrons. The molecule has 0 spiro atoms. The molecule has 2 aromatic heterocycles. The van der Waals surface area contributed by atoms with Crippen molar-refractivity contribution in [1.82, 2.24) is 20.0 Å². The molecule has 9 heteroatoms. The lowest BCUT2D eigenvalue weighted by Crippen LogP contribution is -2.24. The van der Waals surface area contributed by atoms with Crippen LogP contribution in [-0.4, -0.2) is 45.7 Å².